The van der Waals surface area contributed by atoms with Crippen molar-refractivity contribution in [3.8, 4) is 0 Å². The number of carbonyl (C=O) groups is 1. The molecule has 122 valence electrons. The summed E-state index contributed by atoms with van der Waals surface area (Å²) in [6.07, 6.45) is 7.14. The Hall–Kier alpha value is -0.570. The van der Waals surface area contributed by atoms with E-state index in [1.54, 1.807) is 0 Å². The topological polar surface area (TPSA) is 35.5 Å². The van der Waals surface area contributed by atoms with Crippen molar-refractivity contribution >= 4 is 5.97 Å². The van der Waals surface area contributed by atoms with Gasteiger partial charge in [-0.3, -0.25) is 4.79 Å². The number of hydrogen-bond donors (Lipinski definition) is 0. The SMILES string of the molecule is CCCC1CC(C(C)C)CC1(C)C(=O)OC1CCCCO1. The van der Waals surface area contributed by atoms with Gasteiger partial charge in [-0.1, -0.05) is 27.2 Å². The third-order valence-corrected chi connectivity index (χ3v) is 5.60. The second-order valence-corrected chi connectivity index (χ2v) is 7.55. The summed E-state index contributed by atoms with van der Waals surface area (Å²) in [4.78, 5) is 12.8. The molecule has 4 unspecified atom stereocenters. The van der Waals surface area contributed by atoms with Crippen molar-refractivity contribution in [2.45, 2.75) is 78.9 Å². The van der Waals surface area contributed by atoms with Gasteiger partial charge in [0.25, 0.3) is 0 Å². The van der Waals surface area contributed by atoms with Gasteiger partial charge in [-0.25, -0.2) is 0 Å². The Bertz CT molecular complexity index is 346. The summed E-state index contributed by atoms with van der Waals surface area (Å²) >= 11 is 0. The average Bonchev–Trinajstić information content (AvgIpc) is 2.80. The number of carbonyl (C=O) groups excluding carboxylic acids is 1. The van der Waals surface area contributed by atoms with Crippen LogP contribution in [0.5, 0.6) is 0 Å². The molecule has 0 spiro atoms. The summed E-state index contributed by atoms with van der Waals surface area (Å²) in [7, 11) is 0. The molecule has 1 aliphatic heterocycles. The van der Waals surface area contributed by atoms with Gasteiger partial charge in [0.2, 0.25) is 6.29 Å². The van der Waals surface area contributed by atoms with Crippen LogP contribution in [0.3, 0.4) is 0 Å². The molecule has 0 bridgehead atoms. The fourth-order valence-electron chi connectivity index (χ4n) is 4.02. The van der Waals surface area contributed by atoms with E-state index in [1.165, 1.54) is 6.42 Å². The third kappa shape index (κ3) is 3.80. The second-order valence-electron chi connectivity index (χ2n) is 7.55. The molecule has 0 amide bonds. The first kappa shape index (κ1) is 16.8. The van der Waals surface area contributed by atoms with Gasteiger partial charge < -0.3 is 9.47 Å². The van der Waals surface area contributed by atoms with E-state index in [-0.39, 0.29) is 17.7 Å². The van der Waals surface area contributed by atoms with Crippen LogP contribution >= 0.6 is 0 Å². The van der Waals surface area contributed by atoms with Gasteiger partial charge in [0.1, 0.15) is 0 Å². The Kier molecular flexibility index (Phi) is 5.70. The molecule has 21 heavy (non-hydrogen) atoms. The minimum atomic E-state index is -0.314. The minimum absolute atomic E-state index is 0.0176. The van der Waals surface area contributed by atoms with Crippen molar-refractivity contribution in [3.63, 3.8) is 0 Å². The van der Waals surface area contributed by atoms with E-state index >= 15 is 0 Å². The van der Waals surface area contributed by atoms with Gasteiger partial charge in [-0.15, -0.1) is 0 Å². The summed E-state index contributed by atoms with van der Waals surface area (Å²) in [6.45, 7) is 9.60. The highest BCUT2D eigenvalue weighted by atomic mass is 16.7. The number of esters is 1. The maximum atomic E-state index is 12.8. The molecule has 1 saturated heterocycles. The molecule has 0 aromatic heterocycles. The molecule has 2 fully saturated rings. The van der Waals surface area contributed by atoms with Gasteiger partial charge in [0, 0.05) is 6.42 Å². The molecule has 1 saturated carbocycles. The van der Waals surface area contributed by atoms with Crippen LogP contribution in [0.1, 0.15) is 72.6 Å². The van der Waals surface area contributed by atoms with E-state index in [1.807, 2.05) is 0 Å². The maximum Gasteiger partial charge on any atom is 0.314 e. The van der Waals surface area contributed by atoms with Gasteiger partial charge in [0.05, 0.1) is 12.0 Å². The Morgan fingerprint density at radius 2 is 2.14 bits per heavy atom. The first-order chi connectivity index (χ1) is 9.97. The molecule has 4 atom stereocenters. The fraction of sp³-hybridized carbons (Fsp3) is 0.944. The van der Waals surface area contributed by atoms with Crippen LogP contribution in [0.15, 0.2) is 0 Å². The Labute approximate surface area is 129 Å². The first-order valence-corrected chi connectivity index (χ1v) is 8.80. The minimum Gasteiger partial charge on any atom is -0.435 e. The zero-order valence-corrected chi connectivity index (χ0v) is 14.2. The molecule has 1 aliphatic carbocycles. The van der Waals surface area contributed by atoms with E-state index in [4.69, 9.17) is 9.47 Å². The molecule has 1 heterocycles. The molecule has 2 rings (SSSR count). The number of ether oxygens (including phenoxy) is 2. The summed E-state index contributed by atoms with van der Waals surface area (Å²) < 4.78 is 11.3. The summed E-state index contributed by atoms with van der Waals surface area (Å²) in [5, 5.41) is 0. The molecular weight excluding hydrogens is 264 g/mol. The van der Waals surface area contributed by atoms with E-state index < -0.39 is 0 Å². The monoisotopic (exact) mass is 296 g/mol. The lowest BCUT2D eigenvalue weighted by Crippen LogP contribution is -2.37. The Morgan fingerprint density at radius 3 is 2.71 bits per heavy atom. The van der Waals surface area contributed by atoms with Crippen molar-refractivity contribution < 1.29 is 14.3 Å². The lowest BCUT2D eigenvalue weighted by Gasteiger charge is -2.32. The molecule has 2 aliphatic rings. The molecule has 0 aromatic rings. The van der Waals surface area contributed by atoms with Gasteiger partial charge in [-0.2, -0.15) is 0 Å². The zero-order valence-electron chi connectivity index (χ0n) is 14.2. The summed E-state index contributed by atoms with van der Waals surface area (Å²) in [5.41, 5.74) is -0.314. The Balaban J connectivity index is 2.03. The van der Waals surface area contributed by atoms with E-state index in [9.17, 15) is 4.79 Å². The summed E-state index contributed by atoms with van der Waals surface area (Å²) in [6, 6.07) is 0. The van der Waals surface area contributed by atoms with Crippen LogP contribution in [0, 0.1) is 23.2 Å². The molecule has 0 aromatic carbocycles. The number of hydrogen-bond acceptors (Lipinski definition) is 3. The molecule has 3 nitrogen and oxygen atoms in total. The lowest BCUT2D eigenvalue weighted by atomic mass is 9.77. The quantitative estimate of drug-likeness (QED) is 0.698. The van der Waals surface area contributed by atoms with E-state index in [2.05, 4.69) is 27.7 Å². The smallest absolute Gasteiger partial charge is 0.314 e. The van der Waals surface area contributed by atoms with E-state index in [0.29, 0.717) is 17.8 Å². The molecule has 0 N–H and O–H groups in total. The van der Waals surface area contributed by atoms with Gasteiger partial charge >= 0.3 is 5.97 Å². The van der Waals surface area contributed by atoms with Gasteiger partial charge in [0.15, 0.2) is 0 Å². The fourth-order valence-corrected chi connectivity index (χ4v) is 4.02. The Morgan fingerprint density at radius 1 is 1.38 bits per heavy atom. The largest absolute Gasteiger partial charge is 0.435 e. The van der Waals surface area contributed by atoms with Crippen LogP contribution in [-0.2, 0) is 14.3 Å². The standard InChI is InChI=1S/C18H32O3/c1-5-8-15-11-14(13(2)3)12-18(15,4)17(19)21-16-9-6-7-10-20-16/h13-16H,5-12H2,1-4H3. The first-order valence-electron chi connectivity index (χ1n) is 8.80. The predicted molar refractivity (Wildman–Crippen MR) is 83.8 cm³/mol. The van der Waals surface area contributed by atoms with Crippen molar-refractivity contribution in [3.05, 3.63) is 0 Å². The lowest BCUT2D eigenvalue weighted by molar-refractivity contribution is -0.198. The van der Waals surface area contributed by atoms with Crippen LogP contribution < -0.4 is 0 Å². The highest BCUT2D eigenvalue weighted by Gasteiger charge is 2.50. The highest BCUT2D eigenvalue weighted by molar-refractivity contribution is 5.77. The summed E-state index contributed by atoms with van der Waals surface area (Å²) in [5.74, 6) is 1.73. The third-order valence-electron chi connectivity index (χ3n) is 5.60. The number of rotatable bonds is 5. The van der Waals surface area contributed by atoms with Crippen LogP contribution in [0.4, 0.5) is 0 Å². The van der Waals surface area contributed by atoms with Crippen molar-refractivity contribution in [1.29, 1.82) is 0 Å². The molecule has 3 heteroatoms. The molecular formula is C18H32O3. The van der Waals surface area contributed by atoms with Crippen molar-refractivity contribution in [2.24, 2.45) is 23.2 Å². The molecule has 0 radical (unpaired) electrons. The second kappa shape index (κ2) is 7.13. The zero-order chi connectivity index (χ0) is 15.5. The van der Waals surface area contributed by atoms with Crippen LogP contribution in [0.25, 0.3) is 0 Å². The average molecular weight is 296 g/mol. The highest BCUT2D eigenvalue weighted by Crippen LogP contribution is 2.51. The van der Waals surface area contributed by atoms with Crippen molar-refractivity contribution in [1.82, 2.24) is 0 Å². The normalized spacial score (nSPS) is 36.9. The maximum absolute atomic E-state index is 12.8. The van der Waals surface area contributed by atoms with Crippen LogP contribution in [-0.4, -0.2) is 18.9 Å². The van der Waals surface area contributed by atoms with Crippen LogP contribution in [0.2, 0.25) is 0 Å². The van der Waals surface area contributed by atoms with Gasteiger partial charge in [-0.05, 0) is 56.8 Å². The van der Waals surface area contributed by atoms with E-state index in [0.717, 1.165) is 45.1 Å². The predicted octanol–water partition coefficient (Wildman–Crippen LogP) is 4.54. The van der Waals surface area contributed by atoms with Crippen molar-refractivity contribution in [2.75, 3.05) is 6.61 Å².